The molecule has 4 rings (SSSR count). The number of nitrogens with zero attached hydrogens (tertiary/aromatic N) is 2. The van der Waals surface area contributed by atoms with Crippen molar-refractivity contribution in [2.45, 2.75) is 19.3 Å². The molecule has 0 bridgehead atoms. The van der Waals surface area contributed by atoms with Gasteiger partial charge < -0.3 is 4.57 Å². The van der Waals surface area contributed by atoms with Crippen LogP contribution in [0.4, 0.5) is 0 Å². The number of hydrogen-bond acceptors (Lipinski definition) is 2. The van der Waals surface area contributed by atoms with E-state index in [0.717, 1.165) is 35.1 Å². The van der Waals surface area contributed by atoms with Crippen LogP contribution in [-0.4, -0.2) is 15.3 Å². The molecule has 19 heavy (non-hydrogen) atoms. The quantitative estimate of drug-likeness (QED) is 0.614. The Morgan fingerprint density at radius 3 is 2.89 bits per heavy atom. The second-order valence-corrected chi connectivity index (χ2v) is 5.21. The van der Waals surface area contributed by atoms with Gasteiger partial charge in [-0.05, 0) is 25.0 Å². The minimum atomic E-state index is 0.239. The molecule has 2 aromatic heterocycles. The van der Waals surface area contributed by atoms with Gasteiger partial charge in [-0.2, -0.15) is 0 Å². The Labute approximate surface area is 110 Å². The number of hydrogen-bond donors (Lipinski definition) is 0. The Morgan fingerprint density at radius 2 is 2.00 bits per heavy atom. The van der Waals surface area contributed by atoms with Crippen molar-refractivity contribution >= 4 is 27.7 Å². The van der Waals surface area contributed by atoms with E-state index in [4.69, 9.17) is 4.98 Å². The van der Waals surface area contributed by atoms with E-state index in [2.05, 4.69) is 16.7 Å². The molecular weight excluding hydrogens is 236 g/mol. The summed E-state index contributed by atoms with van der Waals surface area (Å²) in [5.74, 6) is 0.239. The molecule has 94 valence electrons. The monoisotopic (exact) mass is 250 g/mol. The highest BCUT2D eigenvalue weighted by Crippen LogP contribution is 2.30. The van der Waals surface area contributed by atoms with Gasteiger partial charge in [-0.3, -0.25) is 4.79 Å². The Morgan fingerprint density at radius 1 is 1.16 bits per heavy atom. The number of aryl methyl sites for hydroxylation is 2. The van der Waals surface area contributed by atoms with Gasteiger partial charge in [0.05, 0.1) is 11.2 Å². The fourth-order valence-corrected chi connectivity index (χ4v) is 3.09. The second kappa shape index (κ2) is 3.67. The summed E-state index contributed by atoms with van der Waals surface area (Å²) in [7, 11) is 2.04. The summed E-state index contributed by atoms with van der Waals surface area (Å²) in [6.45, 7) is 0. The lowest BCUT2D eigenvalue weighted by Gasteiger charge is -2.13. The van der Waals surface area contributed by atoms with E-state index in [9.17, 15) is 4.79 Å². The second-order valence-electron chi connectivity index (χ2n) is 5.21. The van der Waals surface area contributed by atoms with Crippen molar-refractivity contribution in [3.8, 4) is 0 Å². The summed E-state index contributed by atoms with van der Waals surface area (Å²) in [6, 6.07) is 10.3. The highest BCUT2D eigenvalue weighted by molar-refractivity contribution is 6.10. The predicted octanol–water partition coefficient (Wildman–Crippen LogP) is 3.25. The lowest BCUT2D eigenvalue weighted by Crippen LogP contribution is -2.12. The molecule has 0 fully saturated rings. The number of pyridine rings is 1. The minimum Gasteiger partial charge on any atom is -0.328 e. The van der Waals surface area contributed by atoms with Crippen LogP contribution in [0.5, 0.6) is 0 Å². The first-order valence-electron chi connectivity index (χ1n) is 6.66. The molecule has 3 aromatic rings. The Bertz CT molecular complexity index is 829. The van der Waals surface area contributed by atoms with Crippen molar-refractivity contribution in [1.82, 2.24) is 9.55 Å². The maximum absolute atomic E-state index is 12.0. The zero-order valence-electron chi connectivity index (χ0n) is 10.8. The molecule has 0 N–H and O–H groups in total. The van der Waals surface area contributed by atoms with Gasteiger partial charge in [-0.25, -0.2) is 4.98 Å². The largest absolute Gasteiger partial charge is 0.328 e. The molecule has 0 radical (unpaired) electrons. The fourth-order valence-electron chi connectivity index (χ4n) is 3.09. The molecule has 2 heterocycles. The van der Waals surface area contributed by atoms with Gasteiger partial charge in [0.2, 0.25) is 0 Å². The average Bonchev–Trinajstić information content (AvgIpc) is 2.72. The van der Waals surface area contributed by atoms with Crippen molar-refractivity contribution in [2.75, 3.05) is 0 Å². The molecule has 3 heteroatoms. The molecule has 0 spiro atoms. The summed E-state index contributed by atoms with van der Waals surface area (Å²) in [6.07, 6.45) is 2.50. The highest BCUT2D eigenvalue weighted by atomic mass is 16.1. The third-order valence-corrected chi connectivity index (χ3v) is 4.07. The SMILES string of the molecule is Cn1c2ccccc2c2cc3c(nc21)CCCC3=O. The molecule has 0 amide bonds. The molecule has 1 aliphatic carbocycles. The first kappa shape index (κ1) is 10.7. The van der Waals surface area contributed by atoms with Crippen LogP contribution in [0.2, 0.25) is 0 Å². The number of fused-ring (bicyclic) bond motifs is 4. The number of benzene rings is 1. The number of carbonyl (C=O) groups excluding carboxylic acids is 1. The van der Waals surface area contributed by atoms with E-state index in [1.54, 1.807) is 0 Å². The summed E-state index contributed by atoms with van der Waals surface area (Å²) in [5.41, 5.74) is 3.94. The van der Waals surface area contributed by atoms with Gasteiger partial charge in [0.25, 0.3) is 0 Å². The molecule has 0 unspecified atom stereocenters. The summed E-state index contributed by atoms with van der Waals surface area (Å²) < 4.78 is 2.12. The van der Waals surface area contributed by atoms with Crippen molar-refractivity contribution < 1.29 is 4.79 Å². The third-order valence-electron chi connectivity index (χ3n) is 4.07. The van der Waals surface area contributed by atoms with Crippen molar-refractivity contribution in [3.05, 3.63) is 41.6 Å². The van der Waals surface area contributed by atoms with E-state index < -0.39 is 0 Å². The van der Waals surface area contributed by atoms with Gasteiger partial charge in [-0.15, -0.1) is 0 Å². The van der Waals surface area contributed by atoms with Crippen molar-refractivity contribution in [2.24, 2.45) is 7.05 Å². The molecule has 0 aliphatic heterocycles. The van der Waals surface area contributed by atoms with Crippen molar-refractivity contribution in [1.29, 1.82) is 0 Å². The zero-order valence-corrected chi connectivity index (χ0v) is 10.8. The normalized spacial score (nSPS) is 15.1. The number of ketones is 1. The van der Waals surface area contributed by atoms with Crippen LogP contribution in [0.1, 0.15) is 28.9 Å². The van der Waals surface area contributed by atoms with E-state index in [-0.39, 0.29) is 5.78 Å². The Balaban J connectivity index is 2.18. The van der Waals surface area contributed by atoms with Crippen LogP contribution >= 0.6 is 0 Å². The number of carbonyl (C=O) groups is 1. The molecule has 1 aromatic carbocycles. The van der Waals surface area contributed by atoms with E-state index in [0.29, 0.717) is 6.42 Å². The van der Waals surface area contributed by atoms with Crippen LogP contribution < -0.4 is 0 Å². The van der Waals surface area contributed by atoms with Gasteiger partial charge in [-0.1, -0.05) is 18.2 Å². The number of rotatable bonds is 0. The predicted molar refractivity (Wildman–Crippen MR) is 75.5 cm³/mol. The van der Waals surface area contributed by atoms with E-state index in [1.165, 1.54) is 10.9 Å². The maximum Gasteiger partial charge on any atom is 0.164 e. The Hall–Kier alpha value is -2.16. The lowest BCUT2D eigenvalue weighted by atomic mass is 9.94. The molecule has 0 saturated heterocycles. The van der Waals surface area contributed by atoms with Gasteiger partial charge in [0, 0.05) is 29.8 Å². The minimum absolute atomic E-state index is 0.239. The molecule has 3 nitrogen and oxygen atoms in total. The summed E-state index contributed by atoms with van der Waals surface area (Å²) >= 11 is 0. The maximum atomic E-state index is 12.0. The highest BCUT2D eigenvalue weighted by Gasteiger charge is 2.21. The van der Waals surface area contributed by atoms with Crippen LogP contribution in [0.25, 0.3) is 21.9 Å². The topological polar surface area (TPSA) is 34.9 Å². The first-order valence-corrected chi connectivity index (χ1v) is 6.66. The Kier molecular flexibility index (Phi) is 2.07. The third kappa shape index (κ3) is 1.38. The standard InChI is InChI=1S/C16H14N2O/c1-18-14-7-3-2-5-10(14)11-9-12-13(17-16(11)18)6-4-8-15(12)19/h2-3,5,7,9H,4,6,8H2,1H3. The fraction of sp³-hybridized carbons (Fsp3) is 0.250. The molecule has 0 atom stereocenters. The summed E-state index contributed by atoms with van der Waals surface area (Å²) in [4.78, 5) is 16.8. The number of aromatic nitrogens is 2. The molecular formula is C16H14N2O. The molecule has 1 aliphatic rings. The van der Waals surface area contributed by atoms with Crippen LogP contribution in [0.15, 0.2) is 30.3 Å². The van der Waals surface area contributed by atoms with Crippen LogP contribution in [0.3, 0.4) is 0 Å². The van der Waals surface area contributed by atoms with Gasteiger partial charge in [0.15, 0.2) is 5.78 Å². The smallest absolute Gasteiger partial charge is 0.164 e. The van der Waals surface area contributed by atoms with Crippen molar-refractivity contribution in [3.63, 3.8) is 0 Å². The zero-order chi connectivity index (χ0) is 13.0. The lowest BCUT2D eigenvalue weighted by molar-refractivity contribution is 0.0972. The first-order chi connectivity index (χ1) is 9.25. The van der Waals surface area contributed by atoms with Crippen LogP contribution in [-0.2, 0) is 13.5 Å². The van der Waals surface area contributed by atoms with Crippen LogP contribution in [0, 0.1) is 0 Å². The summed E-state index contributed by atoms with van der Waals surface area (Å²) in [5, 5.41) is 2.26. The van der Waals surface area contributed by atoms with E-state index in [1.807, 2.05) is 25.2 Å². The number of Topliss-reactive ketones (excluding diaryl/α,β-unsaturated/α-hetero) is 1. The molecule has 0 saturated carbocycles. The van der Waals surface area contributed by atoms with Gasteiger partial charge >= 0.3 is 0 Å². The van der Waals surface area contributed by atoms with Gasteiger partial charge in [0.1, 0.15) is 5.65 Å². The van der Waals surface area contributed by atoms with E-state index >= 15 is 0 Å². The number of para-hydroxylation sites is 1. The average molecular weight is 250 g/mol.